The third-order valence-corrected chi connectivity index (χ3v) is 11.9. The zero-order valence-electron chi connectivity index (χ0n) is 27.7. The number of benzene rings is 4. The summed E-state index contributed by atoms with van der Waals surface area (Å²) in [4.78, 5) is 0. The van der Waals surface area contributed by atoms with Gasteiger partial charge in [0, 0.05) is 60.8 Å². The number of terminal acetylenes is 8. The fourth-order valence-corrected chi connectivity index (χ4v) is 10.9. The van der Waals surface area contributed by atoms with Crippen LogP contribution >= 0.6 is 0 Å². The zero-order chi connectivity index (χ0) is 35.3. The first-order valence-electron chi connectivity index (χ1n) is 16.6. The Morgan fingerprint density at radius 1 is 0.380 bits per heavy atom. The Balaban J connectivity index is 1.85. The van der Waals surface area contributed by atoms with E-state index in [1.54, 1.807) is 0 Å². The predicted octanol–water partition coefficient (Wildman–Crippen LogP) is 7.92. The molecular formula is C50H32. The lowest BCUT2D eigenvalue weighted by atomic mass is 9.28. The molecule has 4 aliphatic rings. The molecule has 0 heteroatoms. The highest BCUT2D eigenvalue weighted by molar-refractivity contribution is 5.73. The predicted molar refractivity (Wildman–Crippen MR) is 203 cm³/mol. The molecule has 50 heavy (non-hydrogen) atoms. The highest BCUT2D eigenvalue weighted by Gasteiger charge is 2.75. The molecule has 232 valence electrons. The number of hydrogen-bond acceptors (Lipinski definition) is 0. The molecule has 4 fully saturated rings. The minimum Gasteiger partial charge on any atom is -0.115 e. The highest BCUT2D eigenvalue weighted by atomic mass is 14.8. The fourth-order valence-electron chi connectivity index (χ4n) is 10.9. The Labute approximate surface area is 297 Å². The van der Waals surface area contributed by atoms with E-state index in [4.69, 9.17) is 51.4 Å². The van der Waals surface area contributed by atoms with Crippen molar-refractivity contribution in [2.45, 2.75) is 48.3 Å². The average Bonchev–Trinajstić information content (AvgIpc) is 3.16. The molecule has 4 saturated carbocycles. The highest BCUT2D eigenvalue weighted by Crippen LogP contribution is 2.77. The molecule has 4 aliphatic carbocycles. The first kappa shape index (κ1) is 31.9. The van der Waals surface area contributed by atoms with Gasteiger partial charge in [0.2, 0.25) is 0 Å². The van der Waals surface area contributed by atoms with Gasteiger partial charge in [0.05, 0.1) is 0 Å². The van der Waals surface area contributed by atoms with Crippen molar-refractivity contribution in [2.75, 3.05) is 0 Å². The molecule has 0 spiro atoms. The van der Waals surface area contributed by atoms with Gasteiger partial charge in [-0.25, -0.2) is 0 Å². The molecule has 4 bridgehead atoms. The summed E-state index contributed by atoms with van der Waals surface area (Å²) in [6, 6.07) is 24.1. The molecule has 0 nitrogen and oxygen atoms in total. The van der Waals surface area contributed by atoms with E-state index in [1.807, 2.05) is 48.5 Å². The molecule has 0 amide bonds. The lowest BCUT2D eigenvalue weighted by Gasteiger charge is -2.74. The van der Waals surface area contributed by atoms with E-state index in [2.05, 4.69) is 71.6 Å². The van der Waals surface area contributed by atoms with Crippen LogP contribution in [0.2, 0.25) is 0 Å². The maximum Gasteiger partial charge on any atom is 0.0440 e. The van der Waals surface area contributed by atoms with Crippen molar-refractivity contribution in [1.82, 2.24) is 0 Å². The first-order valence-corrected chi connectivity index (χ1v) is 16.6. The van der Waals surface area contributed by atoms with Gasteiger partial charge in [0.25, 0.3) is 0 Å². The molecule has 0 heterocycles. The molecule has 0 atom stereocenters. The molecule has 0 N–H and O–H groups in total. The third kappa shape index (κ3) is 3.90. The van der Waals surface area contributed by atoms with E-state index < -0.39 is 16.2 Å². The molecule has 4 aromatic carbocycles. The van der Waals surface area contributed by atoms with E-state index >= 15 is 0 Å². The Hall–Kier alpha value is -6.64. The molecule has 0 aromatic heterocycles. The Morgan fingerprint density at radius 2 is 0.660 bits per heavy atom. The van der Waals surface area contributed by atoms with Crippen LogP contribution in [0.5, 0.6) is 0 Å². The van der Waals surface area contributed by atoms with Crippen molar-refractivity contribution in [3.8, 4) is 98.8 Å². The van der Waals surface area contributed by atoms with Crippen molar-refractivity contribution in [3.05, 3.63) is 140 Å². The lowest BCUT2D eigenvalue weighted by Crippen LogP contribution is -2.73. The SMILES string of the molecule is C#Cc1cccc(C23CC4CC(C2)CC(c2cccc(C#C)c2C#C)(C4)C3(c2cccc(C#C)c2C#C)c2cccc(C#C)c2C#C)c1C#C. The Morgan fingerprint density at radius 3 is 0.940 bits per heavy atom. The van der Waals surface area contributed by atoms with Crippen LogP contribution in [0, 0.1) is 111 Å². The largest absolute Gasteiger partial charge is 0.115 e. The van der Waals surface area contributed by atoms with Crippen LogP contribution in [-0.2, 0) is 16.2 Å². The normalized spacial score (nSPS) is 23.4. The number of rotatable bonds is 4. The van der Waals surface area contributed by atoms with Crippen molar-refractivity contribution in [3.63, 3.8) is 0 Å². The average molecular weight is 633 g/mol. The van der Waals surface area contributed by atoms with Crippen LogP contribution in [0.4, 0.5) is 0 Å². The monoisotopic (exact) mass is 632 g/mol. The zero-order valence-corrected chi connectivity index (χ0v) is 27.7. The minimum atomic E-state index is -0.992. The van der Waals surface area contributed by atoms with Gasteiger partial charge in [-0.15, -0.1) is 51.4 Å². The Bertz CT molecular complexity index is 2290. The van der Waals surface area contributed by atoms with Gasteiger partial charge in [0.1, 0.15) is 0 Å². The summed E-state index contributed by atoms with van der Waals surface area (Å²) in [7, 11) is 0. The molecular weight excluding hydrogens is 601 g/mol. The molecule has 0 aliphatic heterocycles. The summed E-state index contributed by atoms with van der Waals surface area (Å²) in [5, 5.41) is 0. The van der Waals surface area contributed by atoms with Crippen molar-refractivity contribution >= 4 is 0 Å². The summed E-state index contributed by atoms with van der Waals surface area (Å²) < 4.78 is 0. The summed E-state index contributed by atoms with van der Waals surface area (Å²) >= 11 is 0. The second kappa shape index (κ2) is 11.8. The van der Waals surface area contributed by atoms with Crippen LogP contribution in [0.25, 0.3) is 0 Å². The molecule has 4 aromatic rings. The third-order valence-electron chi connectivity index (χ3n) is 11.9. The fraction of sp³-hybridized carbons (Fsp3) is 0.200. The van der Waals surface area contributed by atoms with Crippen LogP contribution in [0.1, 0.15) is 98.9 Å². The molecule has 0 saturated heterocycles. The maximum absolute atomic E-state index is 6.51. The van der Waals surface area contributed by atoms with E-state index in [0.29, 0.717) is 56.3 Å². The van der Waals surface area contributed by atoms with Crippen LogP contribution < -0.4 is 0 Å². The topological polar surface area (TPSA) is 0 Å². The second-order valence-electron chi connectivity index (χ2n) is 13.8. The molecule has 8 rings (SSSR count). The van der Waals surface area contributed by atoms with Crippen LogP contribution in [-0.4, -0.2) is 0 Å². The van der Waals surface area contributed by atoms with Gasteiger partial charge in [-0.05, 0) is 90.5 Å². The van der Waals surface area contributed by atoms with Gasteiger partial charge in [-0.3, -0.25) is 0 Å². The first-order chi connectivity index (χ1) is 24.4. The smallest absolute Gasteiger partial charge is 0.0440 e. The van der Waals surface area contributed by atoms with E-state index in [1.165, 1.54) is 0 Å². The maximum atomic E-state index is 6.51. The summed E-state index contributed by atoms with van der Waals surface area (Å²) in [5.74, 6) is 24.3. The van der Waals surface area contributed by atoms with Crippen molar-refractivity contribution < 1.29 is 0 Å². The van der Waals surface area contributed by atoms with Crippen molar-refractivity contribution in [2.24, 2.45) is 11.8 Å². The summed E-state index contributed by atoms with van der Waals surface area (Å²) in [6.45, 7) is 0. The van der Waals surface area contributed by atoms with Gasteiger partial charge in [-0.1, -0.05) is 95.9 Å². The standard InChI is InChI=1S/C50H32/c1-9-36-21-17-25-44(40(36)13-5)48-30-34-29-35(31-48)33-49(32-34,45-26-18-22-37(10-2)41(45)14-6)50(48,46-27-19-23-38(11-3)42(46)15-7)47-28-20-24-39(12-4)43(47)16-8/h1-8,17-28,34-35H,29-33H2. The van der Waals surface area contributed by atoms with Gasteiger partial charge >= 0.3 is 0 Å². The number of hydrogen-bond donors (Lipinski definition) is 0. The van der Waals surface area contributed by atoms with E-state index in [9.17, 15) is 0 Å². The molecule has 0 unspecified atom stereocenters. The van der Waals surface area contributed by atoms with Crippen molar-refractivity contribution in [1.29, 1.82) is 0 Å². The van der Waals surface area contributed by atoms with Gasteiger partial charge < -0.3 is 0 Å². The van der Waals surface area contributed by atoms with Crippen LogP contribution in [0.3, 0.4) is 0 Å². The lowest BCUT2D eigenvalue weighted by molar-refractivity contribution is -0.0908. The van der Waals surface area contributed by atoms with E-state index in [-0.39, 0.29) is 0 Å². The van der Waals surface area contributed by atoms with E-state index in [0.717, 1.165) is 54.4 Å². The van der Waals surface area contributed by atoms with Gasteiger partial charge in [0.15, 0.2) is 0 Å². The second-order valence-corrected chi connectivity index (χ2v) is 13.8. The summed E-state index contributed by atoms with van der Waals surface area (Å²) in [5.41, 5.74) is 6.60. The minimum absolute atomic E-state index is 0.325. The quantitative estimate of drug-likeness (QED) is 0.201. The molecule has 0 radical (unpaired) electrons. The Kier molecular flexibility index (Phi) is 7.54. The summed E-state index contributed by atoms with van der Waals surface area (Å²) in [6.07, 6.45) is 54.9. The van der Waals surface area contributed by atoms with Gasteiger partial charge in [-0.2, -0.15) is 0 Å². The van der Waals surface area contributed by atoms with Crippen LogP contribution in [0.15, 0.2) is 72.8 Å².